The van der Waals surface area contributed by atoms with Crippen LogP contribution < -0.4 is 0 Å². The Bertz CT molecular complexity index is 157. The van der Waals surface area contributed by atoms with E-state index in [0.717, 1.165) is 5.06 Å². The average molecular weight is 161 g/mol. The van der Waals surface area contributed by atoms with Gasteiger partial charge in [-0.25, -0.2) is 9.59 Å². The third kappa shape index (κ3) is 3.44. The van der Waals surface area contributed by atoms with Gasteiger partial charge < -0.3 is 9.57 Å². The summed E-state index contributed by atoms with van der Waals surface area (Å²) in [5, 5.41) is 0.742. The van der Waals surface area contributed by atoms with Crippen molar-refractivity contribution in [3.8, 4) is 0 Å². The van der Waals surface area contributed by atoms with E-state index in [4.69, 9.17) is 0 Å². The van der Waals surface area contributed by atoms with Gasteiger partial charge in [0, 0.05) is 6.42 Å². The molecular weight excluding hydrogens is 150 g/mol. The molecule has 0 aromatic carbocycles. The Morgan fingerprint density at radius 2 is 2.00 bits per heavy atom. The summed E-state index contributed by atoms with van der Waals surface area (Å²) < 4.78 is 4.27. The van der Waals surface area contributed by atoms with Gasteiger partial charge in [0.2, 0.25) is 0 Å². The van der Waals surface area contributed by atoms with Crippen LogP contribution in [0, 0.1) is 0 Å². The Balaban J connectivity index is 3.77. The minimum Gasteiger partial charge on any atom is -0.451 e. The molecule has 11 heavy (non-hydrogen) atoms. The smallest absolute Gasteiger partial charge is 0.442 e. The zero-order valence-electron chi connectivity index (χ0n) is 6.79. The molecular formula is C6H11NO4. The predicted octanol–water partition coefficient (Wildman–Crippen LogP) is 0.553. The van der Waals surface area contributed by atoms with Crippen molar-refractivity contribution in [1.29, 1.82) is 0 Å². The fraction of sp³-hybridized carbons (Fsp3) is 0.667. The molecule has 0 saturated heterocycles. The summed E-state index contributed by atoms with van der Waals surface area (Å²) in [6, 6.07) is 0. The van der Waals surface area contributed by atoms with Gasteiger partial charge in [-0.1, -0.05) is 6.92 Å². The van der Waals surface area contributed by atoms with Crippen LogP contribution in [0.5, 0.6) is 0 Å². The zero-order chi connectivity index (χ0) is 8.85. The van der Waals surface area contributed by atoms with E-state index >= 15 is 0 Å². The molecule has 0 heterocycles. The molecule has 0 aromatic heterocycles. The highest BCUT2D eigenvalue weighted by molar-refractivity contribution is 5.72. The van der Waals surface area contributed by atoms with Crippen molar-refractivity contribution in [3.63, 3.8) is 0 Å². The Morgan fingerprint density at radius 1 is 1.45 bits per heavy atom. The van der Waals surface area contributed by atoms with Gasteiger partial charge in [-0.3, -0.25) is 0 Å². The normalized spacial score (nSPS) is 8.64. The van der Waals surface area contributed by atoms with Crippen LogP contribution in [0.4, 0.5) is 4.79 Å². The molecule has 0 bridgehead atoms. The van der Waals surface area contributed by atoms with E-state index in [1.54, 1.807) is 6.92 Å². The lowest BCUT2D eigenvalue weighted by Gasteiger charge is -2.13. The molecule has 0 aliphatic rings. The first kappa shape index (κ1) is 9.74. The molecule has 64 valence electrons. The number of nitrogens with zero attached hydrogens (tertiary/aromatic N) is 1. The van der Waals surface area contributed by atoms with Crippen LogP contribution in [0.2, 0.25) is 0 Å². The Labute approximate surface area is 64.8 Å². The van der Waals surface area contributed by atoms with E-state index < -0.39 is 12.1 Å². The maximum Gasteiger partial charge on any atom is 0.442 e. The van der Waals surface area contributed by atoms with Gasteiger partial charge in [-0.15, -0.1) is 5.06 Å². The number of rotatable bonds is 1. The summed E-state index contributed by atoms with van der Waals surface area (Å²) in [4.78, 5) is 25.6. The highest BCUT2D eigenvalue weighted by Gasteiger charge is 2.11. The molecule has 0 N–H and O–H groups in total. The number of hydrogen-bond donors (Lipinski definition) is 0. The van der Waals surface area contributed by atoms with E-state index in [2.05, 4.69) is 9.57 Å². The SMILES string of the molecule is CCC(=O)ON(C)C(=O)OC. The summed E-state index contributed by atoms with van der Waals surface area (Å²) in [6.07, 6.45) is -0.478. The molecule has 0 radical (unpaired) electrons. The fourth-order valence-electron chi connectivity index (χ4n) is 0.383. The van der Waals surface area contributed by atoms with Crippen molar-refractivity contribution in [1.82, 2.24) is 5.06 Å². The third-order valence-electron chi connectivity index (χ3n) is 0.959. The van der Waals surface area contributed by atoms with Gasteiger partial charge in [0.15, 0.2) is 0 Å². The molecule has 0 spiro atoms. The second kappa shape index (κ2) is 4.54. The largest absolute Gasteiger partial charge is 0.451 e. The van der Waals surface area contributed by atoms with Gasteiger partial charge in [-0.2, -0.15) is 0 Å². The topological polar surface area (TPSA) is 55.8 Å². The first-order valence-corrected chi connectivity index (χ1v) is 3.14. The van der Waals surface area contributed by atoms with Crippen LogP contribution in [-0.2, 0) is 14.4 Å². The number of carbonyl (C=O) groups is 2. The van der Waals surface area contributed by atoms with Crippen LogP contribution >= 0.6 is 0 Å². The van der Waals surface area contributed by atoms with Gasteiger partial charge in [-0.05, 0) is 0 Å². The van der Waals surface area contributed by atoms with E-state index in [0.29, 0.717) is 0 Å². The maximum absolute atomic E-state index is 10.6. The van der Waals surface area contributed by atoms with Crippen molar-refractivity contribution >= 4 is 12.1 Å². The Kier molecular flexibility index (Phi) is 4.02. The van der Waals surface area contributed by atoms with Crippen LogP contribution in [0.15, 0.2) is 0 Å². The molecule has 0 aromatic rings. The molecule has 0 aliphatic heterocycles. The van der Waals surface area contributed by atoms with E-state index in [1.165, 1.54) is 14.2 Å². The quantitative estimate of drug-likeness (QED) is 0.527. The fourth-order valence-corrected chi connectivity index (χ4v) is 0.383. The van der Waals surface area contributed by atoms with E-state index in [1.807, 2.05) is 0 Å². The van der Waals surface area contributed by atoms with E-state index in [-0.39, 0.29) is 6.42 Å². The molecule has 5 heteroatoms. The van der Waals surface area contributed by atoms with Gasteiger partial charge >= 0.3 is 12.1 Å². The minimum atomic E-state index is -0.702. The summed E-state index contributed by atoms with van der Waals surface area (Å²) in [5.41, 5.74) is 0. The van der Waals surface area contributed by atoms with Gasteiger partial charge in [0.05, 0.1) is 14.2 Å². The lowest BCUT2D eigenvalue weighted by atomic mass is 10.5. The first-order valence-electron chi connectivity index (χ1n) is 3.14. The van der Waals surface area contributed by atoms with Crippen LogP contribution in [0.1, 0.15) is 13.3 Å². The number of methoxy groups -OCH3 is 1. The number of hydrogen-bond acceptors (Lipinski definition) is 4. The minimum absolute atomic E-state index is 0.224. The Hall–Kier alpha value is -1.26. The predicted molar refractivity (Wildman–Crippen MR) is 36.6 cm³/mol. The summed E-state index contributed by atoms with van der Waals surface area (Å²) in [6.45, 7) is 1.63. The average Bonchev–Trinajstić information content (AvgIpc) is 2.02. The molecule has 0 unspecified atom stereocenters. The lowest BCUT2D eigenvalue weighted by molar-refractivity contribution is -0.175. The van der Waals surface area contributed by atoms with Crippen molar-refractivity contribution in [2.24, 2.45) is 0 Å². The lowest BCUT2D eigenvalue weighted by Crippen LogP contribution is -2.29. The van der Waals surface area contributed by atoms with Crippen LogP contribution in [0.3, 0.4) is 0 Å². The van der Waals surface area contributed by atoms with Gasteiger partial charge in [0.1, 0.15) is 0 Å². The summed E-state index contributed by atoms with van der Waals surface area (Å²) >= 11 is 0. The monoisotopic (exact) mass is 161 g/mol. The second-order valence-electron chi connectivity index (χ2n) is 1.78. The molecule has 5 nitrogen and oxygen atoms in total. The van der Waals surface area contributed by atoms with E-state index in [9.17, 15) is 9.59 Å². The number of hydroxylamine groups is 2. The van der Waals surface area contributed by atoms with Crippen molar-refractivity contribution < 1.29 is 19.2 Å². The standard InChI is InChI=1S/C6H11NO4/c1-4-5(8)11-7(2)6(9)10-3/h4H2,1-3H3. The molecule has 0 saturated carbocycles. The molecule has 0 fully saturated rings. The second-order valence-corrected chi connectivity index (χ2v) is 1.78. The number of amides is 1. The number of carbonyl (C=O) groups excluding carboxylic acids is 2. The number of ether oxygens (including phenoxy) is 1. The zero-order valence-corrected chi connectivity index (χ0v) is 6.79. The van der Waals surface area contributed by atoms with Crippen LogP contribution in [0.25, 0.3) is 0 Å². The highest BCUT2D eigenvalue weighted by Crippen LogP contribution is 1.92. The highest BCUT2D eigenvalue weighted by atomic mass is 16.7. The molecule has 1 amide bonds. The summed E-state index contributed by atoms with van der Waals surface area (Å²) in [7, 11) is 2.51. The summed E-state index contributed by atoms with van der Waals surface area (Å²) in [5.74, 6) is -0.474. The van der Waals surface area contributed by atoms with Crippen molar-refractivity contribution in [3.05, 3.63) is 0 Å². The Morgan fingerprint density at radius 3 is 2.36 bits per heavy atom. The van der Waals surface area contributed by atoms with Crippen LogP contribution in [-0.4, -0.2) is 31.3 Å². The maximum atomic E-state index is 10.6. The molecule has 0 rings (SSSR count). The first-order chi connectivity index (χ1) is 5.11. The molecule has 0 aliphatic carbocycles. The van der Waals surface area contributed by atoms with Crippen molar-refractivity contribution in [2.45, 2.75) is 13.3 Å². The molecule has 0 atom stereocenters. The third-order valence-corrected chi connectivity index (χ3v) is 0.959. The van der Waals surface area contributed by atoms with Crippen molar-refractivity contribution in [2.75, 3.05) is 14.2 Å². The van der Waals surface area contributed by atoms with Gasteiger partial charge in [0.25, 0.3) is 0 Å².